The van der Waals surface area contributed by atoms with Gasteiger partial charge >= 0.3 is 6.16 Å². The van der Waals surface area contributed by atoms with Crippen molar-refractivity contribution in [1.29, 1.82) is 0 Å². The maximum atomic E-state index is 11.6. The summed E-state index contributed by atoms with van der Waals surface area (Å²) in [6, 6.07) is 0.440. The van der Waals surface area contributed by atoms with Crippen molar-refractivity contribution in [1.82, 2.24) is 9.80 Å². The van der Waals surface area contributed by atoms with Crippen LogP contribution in [0.4, 0.5) is 4.79 Å². The van der Waals surface area contributed by atoms with Crippen molar-refractivity contribution < 1.29 is 14.3 Å². The molecule has 0 fully saturated rings. The topological polar surface area (TPSA) is 42.0 Å². The standard InChI is InChI=1S/C15H32N2O3/c1-7-16(8-2)13(5)11-19-15(18)20-12-14(6)17(9-3)10-4/h13-14H,7-12H2,1-6H3. The number of hydrogen-bond donors (Lipinski definition) is 0. The molecule has 2 unspecified atom stereocenters. The first-order valence-corrected chi connectivity index (χ1v) is 7.77. The molecule has 0 aliphatic rings. The minimum absolute atomic E-state index is 0.220. The van der Waals surface area contributed by atoms with Crippen LogP contribution in [0.5, 0.6) is 0 Å². The summed E-state index contributed by atoms with van der Waals surface area (Å²) in [6.45, 7) is 17.1. The van der Waals surface area contributed by atoms with E-state index in [1.54, 1.807) is 0 Å². The Labute approximate surface area is 124 Å². The third-order valence-corrected chi connectivity index (χ3v) is 3.76. The molecule has 120 valence electrons. The van der Waals surface area contributed by atoms with E-state index in [4.69, 9.17) is 9.47 Å². The van der Waals surface area contributed by atoms with Crippen LogP contribution in [0.1, 0.15) is 41.5 Å². The minimum atomic E-state index is -0.567. The molecule has 0 aromatic carbocycles. The monoisotopic (exact) mass is 288 g/mol. The van der Waals surface area contributed by atoms with Crippen molar-refractivity contribution in [2.24, 2.45) is 0 Å². The van der Waals surface area contributed by atoms with Gasteiger partial charge in [0.1, 0.15) is 13.2 Å². The van der Waals surface area contributed by atoms with Gasteiger partial charge in [-0.05, 0) is 40.0 Å². The van der Waals surface area contributed by atoms with Crippen LogP contribution in [0.25, 0.3) is 0 Å². The lowest BCUT2D eigenvalue weighted by atomic mass is 10.3. The second-order valence-corrected chi connectivity index (χ2v) is 5.01. The van der Waals surface area contributed by atoms with Gasteiger partial charge in [-0.2, -0.15) is 0 Å². The van der Waals surface area contributed by atoms with E-state index in [2.05, 4.69) is 51.3 Å². The van der Waals surface area contributed by atoms with Gasteiger partial charge in [0.25, 0.3) is 0 Å². The van der Waals surface area contributed by atoms with Crippen molar-refractivity contribution in [2.45, 2.75) is 53.6 Å². The Morgan fingerprint density at radius 1 is 0.800 bits per heavy atom. The van der Waals surface area contributed by atoms with Gasteiger partial charge in [-0.3, -0.25) is 9.80 Å². The highest BCUT2D eigenvalue weighted by Gasteiger charge is 2.16. The third kappa shape index (κ3) is 7.10. The zero-order valence-electron chi connectivity index (χ0n) is 14.0. The molecule has 0 bridgehead atoms. The third-order valence-electron chi connectivity index (χ3n) is 3.76. The molecule has 5 nitrogen and oxygen atoms in total. The van der Waals surface area contributed by atoms with Crippen LogP contribution in [-0.2, 0) is 9.47 Å². The fourth-order valence-electron chi connectivity index (χ4n) is 2.32. The van der Waals surface area contributed by atoms with E-state index >= 15 is 0 Å². The second-order valence-electron chi connectivity index (χ2n) is 5.01. The van der Waals surface area contributed by atoms with E-state index in [1.165, 1.54) is 0 Å². The van der Waals surface area contributed by atoms with E-state index < -0.39 is 6.16 Å². The molecule has 0 N–H and O–H groups in total. The first kappa shape index (κ1) is 19.2. The highest BCUT2D eigenvalue weighted by atomic mass is 16.7. The van der Waals surface area contributed by atoms with E-state index in [1.807, 2.05) is 0 Å². The predicted molar refractivity (Wildman–Crippen MR) is 82.1 cm³/mol. The first-order chi connectivity index (χ1) is 9.49. The minimum Gasteiger partial charge on any atom is -0.433 e. The Balaban J connectivity index is 3.94. The van der Waals surface area contributed by atoms with Crippen molar-refractivity contribution in [3.8, 4) is 0 Å². The number of ether oxygens (including phenoxy) is 2. The number of carbonyl (C=O) groups excluding carboxylic acids is 1. The van der Waals surface area contributed by atoms with Gasteiger partial charge in [-0.1, -0.05) is 27.7 Å². The lowest BCUT2D eigenvalue weighted by Gasteiger charge is -2.27. The molecule has 0 saturated carbocycles. The van der Waals surface area contributed by atoms with Gasteiger partial charge in [-0.15, -0.1) is 0 Å². The van der Waals surface area contributed by atoms with Crippen molar-refractivity contribution in [3.05, 3.63) is 0 Å². The maximum Gasteiger partial charge on any atom is 0.508 e. The second kappa shape index (κ2) is 10.9. The van der Waals surface area contributed by atoms with E-state index in [9.17, 15) is 4.79 Å². The highest BCUT2D eigenvalue weighted by molar-refractivity contribution is 5.59. The normalized spacial score (nSPS) is 14.4. The molecule has 0 aromatic rings. The van der Waals surface area contributed by atoms with Gasteiger partial charge in [-0.25, -0.2) is 4.79 Å². The Bertz CT molecular complexity index is 230. The summed E-state index contributed by atoms with van der Waals surface area (Å²) in [5.41, 5.74) is 0. The zero-order chi connectivity index (χ0) is 15.5. The van der Waals surface area contributed by atoms with Crippen LogP contribution in [0.2, 0.25) is 0 Å². The summed E-state index contributed by atoms with van der Waals surface area (Å²) in [5.74, 6) is 0. The summed E-state index contributed by atoms with van der Waals surface area (Å²) in [6.07, 6.45) is -0.567. The smallest absolute Gasteiger partial charge is 0.433 e. The molecule has 0 heterocycles. The molecule has 20 heavy (non-hydrogen) atoms. The fourth-order valence-corrected chi connectivity index (χ4v) is 2.32. The lowest BCUT2D eigenvalue weighted by Crippen LogP contribution is -2.38. The predicted octanol–water partition coefficient (Wildman–Crippen LogP) is 2.60. The molecule has 0 aliphatic heterocycles. The summed E-state index contributed by atoms with van der Waals surface area (Å²) in [4.78, 5) is 16.1. The lowest BCUT2D eigenvalue weighted by molar-refractivity contribution is 0.0211. The summed E-state index contributed by atoms with van der Waals surface area (Å²) in [7, 11) is 0. The molecule has 5 heteroatoms. The first-order valence-electron chi connectivity index (χ1n) is 7.77. The van der Waals surface area contributed by atoms with Gasteiger partial charge in [0, 0.05) is 12.1 Å². The van der Waals surface area contributed by atoms with Crippen molar-refractivity contribution >= 4 is 6.16 Å². The van der Waals surface area contributed by atoms with Crippen molar-refractivity contribution in [3.63, 3.8) is 0 Å². The molecule has 0 spiro atoms. The van der Waals surface area contributed by atoms with Crippen molar-refractivity contribution in [2.75, 3.05) is 39.4 Å². The largest absolute Gasteiger partial charge is 0.508 e. The van der Waals surface area contributed by atoms with Crippen LogP contribution in [-0.4, -0.2) is 67.4 Å². The van der Waals surface area contributed by atoms with E-state index in [0.29, 0.717) is 13.2 Å². The maximum absolute atomic E-state index is 11.6. The average Bonchev–Trinajstić information content (AvgIpc) is 2.45. The SMILES string of the molecule is CCN(CC)C(C)COC(=O)OCC(C)N(CC)CC. The molecule has 0 saturated heterocycles. The van der Waals surface area contributed by atoms with Crippen LogP contribution in [0.3, 0.4) is 0 Å². The highest BCUT2D eigenvalue weighted by Crippen LogP contribution is 2.02. The summed E-state index contributed by atoms with van der Waals surface area (Å²) >= 11 is 0. The average molecular weight is 288 g/mol. The van der Waals surface area contributed by atoms with Crippen LogP contribution >= 0.6 is 0 Å². The molecule has 0 rings (SSSR count). The van der Waals surface area contributed by atoms with Gasteiger partial charge in [0.05, 0.1) is 0 Å². The van der Waals surface area contributed by atoms with E-state index in [-0.39, 0.29) is 12.1 Å². The van der Waals surface area contributed by atoms with Crippen LogP contribution in [0.15, 0.2) is 0 Å². The number of hydrogen-bond acceptors (Lipinski definition) is 5. The number of carbonyl (C=O) groups is 1. The van der Waals surface area contributed by atoms with Crippen LogP contribution < -0.4 is 0 Å². The molecule has 0 amide bonds. The molecule has 2 atom stereocenters. The Kier molecular flexibility index (Phi) is 10.5. The Morgan fingerprint density at radius 3 is 1.35 bits per heavy atom. The number of likely N-dealkylation sites (N-methyl/N-ethyl adjacent to an activating group) is 2. The van der Waals surface area contributed by atoms with Gasteiger partial charge in [0.2, 0.25) is 0 Å². The summed E-state index contributed by atoms with van der Waals surface area (Å²) < 4.78 is 10.3. The molecule has 0 aliphatic carbocycles. The van der Waals surface area contributed by atoms with Gasteiger partial charge in [0.15, 0.2) is 0 Å². The molecule has 0 radical (unpaired) electrons. The van der Waals surface area contributed by atoms with Gasteiger partial charge < -0.3 is 9.47 Å². The Hall–Kier alpha value is -0.810. The Morgan fingerprint density at radius 2 is 1.10 bits per heavy atom. The zero-order valence-corrected chi connectivity index (χ0v) is 14.0. The molecule has 0 aromatic heterocycles. The van der Waals surface area contributed by atoms with Crippen LogP contribution in [0, 0.1) is 0 Å². The van der Waals surface area contributed by atoms with E-state index in [0.717, 1.165) is 26.2 Å². The number of rotatable bonds is 10. The number of nitrogens with zero attached hydrogens (tertiary/aromatic N) is 2. The molecular formula is C15H32N2O3. The quantitative estimate of drug-likeness (QED) is 0.578. The molecular weight excluding hydrogens is 256 g/mol. The summed E-state index contributed by atoms with van der Waals surface area (Å²) in [5, 5.41) is 0. The fraction of sp³-hybridized carbons (Fsp3) is 0.933.